The monoisotopic (exact) mass is 248 g/mol. The zero-order chi connectivity index (χ0) is 13.0. The predicted molar refractivity (Wildman–Crippen MR) is 73.6 cm³/mol. The SMILES string of the molecule is CCCC1CCC(O)C(Cc2cccc(O)c2)C1. The Morgan fingerprint density at radius 3 is 2.83 bits per heavy atom. The largest absolute Gasteiger partial charge is 0.508 e. The molecule has 1 aromatic carbocycles. The Morgan fingerprint density at radius 1 is 1.28 bits per heavy atom. The van der Waals surface area contributed by atoms with Crippen molar-refractivity contribution in [3.63, 3.8) is 0 Å². The van der Waals surface area contributed by atoms with E-state index in [9.17, 15) is 10.2 Å². The van der Waals surface area contributed by atoms with Gasteiger partial charge in [0.15, 0.2) is 0 Å². The number of aromatic hydroxyl groups is 1. The Bertz CT molecular complexity index is 375. The van der Waals surface area contributed by atoms with E-state index in [1.165, 1.54) is 19.3 Å². The maximum Gasteiger partial charge on any atom is 0.115 e. The third kappa shape index (κ3) is 3.49. The number of hydrogen-bond donors (Lipinski definition) is 2. The number of aliphatic hydroxyl groups is 1. The van der Waals surface area contributed by atoms with Gasteiger partial charge in [0.05, 0.1) is 6.10 Å². The fraction of sp³-hybridized carbons (Fsp3) is 0.625. The Hall–Kier alpha value is -1.02. The fourth-order valence-electron chi connectivity index (χ4n) is 3.22. The van der Waals surface area contributed by atoms with Crippen LogP contribution in [0.4, 0.5) is 0 Å². The third-order valence-corrected chi connectivity index (χ3v) is 4.16. The summed E-state index contributed by atoms with van der Waals surface area (Å²) in [6.45, 7) is 2.23. The minimum atomic E-state index is -0.166. The molecular formula is C16H24O2. The zero-order valence-corrected chi connectivity index (χ0v) is 11.2. The van der Waals surface area contributed by atoms with E-state index in [2.05, 4.69) is 6.92 Å². The number of aliphatic hydroxyl groups excluding tert-OH is 1. The van der Waals surface area contributed by atoms with E-state index in [0.29, 0.717) is 11.7 Å². The van der Waals surface area contributed by atoms with Crippen LogP contribution in [-0.2, 0) is 6.42 Å². The predicted octanol–water partition coefficient (Wildman–Crippen LogP) is 3.51. The summed E-state index contributed by atoms with van der Waals surface area (Å²) in [5.74, 6) is 1.46. The zero-order valence-electron chi connectivity index (χ0n) is 11.2. The summed E-state index contributed by atoms with van der Waals surface area (Å²) in [6.07, 6.45) is 6.48. The Kier molecular flexibility index (Phi) is 4.65. The third-order valence-electron chi connectivity index (χ3n) is 4.16. The van der Waals surface area contributed by atoms with Crippen molar-refractivity contribution in [1.82, 2.24) is 0 Å². The molecule has 1 aliphatic carbocycles. The molecule has 0 saturated heterocycles. The van der Waals surface area contributed by atoms with Gasteiger partial charge in [-0.15, -0.1) is 0 Å². The topological polar surface area (TPSA) is 40.5 Å². The number of rotatable bonds is 4. The highest BCUT2D eigenvalue weighted by Crippen LogP contribution is 2.34. The van der Waals surface area contributed by atoms with Crippen molar-refractivity contribution in [2.45, 2.75) is 51.6 Å². The van der Waals surface area contributed by atoms with Crippen molar-refractivity contribution in [2.75, 3.05) is 0 Å². The Morgan fingerprint density at radius 2 is 2.11 bits per heavy atom. The summed E-state index contributed by atoms with van der Waals surface area (Å²) in [5.41, 5.74) is 1.14. The molecule has 0 bridgehead atoms. The lowest BCUT2D eigenvalue weighted by Crippen LogP contribution is -2.30. The molecule has 0 spiro atoms. The Labute approximate surface area is 110 Å². The Balaban J connectivity index is 1.98. The summed E-state index contributed by atoms with van der Waals surface area (Å²) >= 11 is 0. The second kappa shape index (κ2) is 6.24. The van der Waals surface area contributed by atoms with Gasteiger partial charge in [-0.1, -0.05) is 31.9 Å². The molecule has 1 saturated carbocycles. The first-order valence-corrected chi connectivity index (χ1v) is 7.15. The quantitative estimate of drug-likeness (QED) is 0.856. The molecule has 1 fully saturated rings. The summed E-state index contributed by atoms with van der Waals surface area (Å²) in [4.78, 5) is 0. The molecule has 18 heavy (non-hydrogen) atoms. The van der Waals surface area contributed by atoms with Gasteiger partial charge < -0.3 is 10.2 Å². The van der Waals surface area contributed by atoms with Crippen LogP contribution in [0.5, 0.6) is 5.75 Å². The van der Waals surface area contributed by atoms with Crippen molar-refractivity contribution < 1.29 is 10.2 Å². The highest BCUT2D eigenvalue weighted by molar-refractivity contribution is 5.27. The van der Waals surface area contributed by atoms with Crippen LogP contribution in [0.15, 0.2) is 24.3 Å². The van der Waals surface area contributed by atoms with Crippen molar-refractivity contribution in [3.05, 3.63) is 29.8 Å². The molecule has 2 rings (SSSR count). The van der Waals surface area contributed by atoms with Gasteiger partial charge >= 0.3 is 0 Å². The van der Waals surface area contributed by atoms with E-state index >= 15 is 0 Å². The minimum absolute atomic E-state index is 0.166. The van der Waals surface area contributed by atoms with Gasteiger partial charge in [-0.2, -0.15) is 0 Å². The summed E-state index contributed by atoms with van der Waals surface area (Å²) in [6, 6.07) is 7.43. The van der Waals surface area contributed by atoms with Gasteiger partial charge in [0.1, 0.15) is 5.75 Å². The first kappa shape index (κ1) is 13.4. The highest BCUT2D eigenvalue weighted by Gasteiger charge is 2.28. The smallest absolute Gasteiger partial charge is 0.115 e. The van der Waals surface area contributed by atoms with Crippen LogP contribution < -0.4 is 0 Å². The normalized spacial score (nSPS) is 28.2. The van der Waals surface area contributed by atoms with Gasteiger partial charge in [0, 0.05) is 0 Å². The van der Waals surface area contributed by atoms with Crippen LogP contribution in [0.3, 0.4) is 0 Å². The molecule has 2 N–H and O–H groups in total. The molecule has 1 aromatic rings. The van der Waals surface area contributed by atoms with Gasteiger partial charge in [0.2, 0.25) is 0 Å². The van der Waals surface area contributed by atoms with Crippen molar-refractivity contribution in [1.29, 1.82) is 0 Å². The first-order valence-electron chi connectivity index (χ1n) is 7.15. The number of hydrogen-bond acceptors (Lipinski definition) is 2. The van der Waals surface area contributed by atoms with Crippen LogP contribution in [0, 0.1) is 11.8 Å². The highest BCUT2D eigenvalue weighted by atomic mass is 16.3. The number of phenolic OH excluding ortho intramolecular Hbond substituents is 1. The second-order valence-electron chi connectivity index (χ2n) is 5.67. The lowest BCUT2D eigenvalue weighted by atomic mass is 9.75. The summed E-state index contributed by atoms with van der Waals surface area (Å²) in [7, 11) is 0. The molecule has 0 heterocycles. The average Bonchev–Trinajstić information content (AvgIpc) is 2.34. The van der Waals surface area contributed by atoms with E-state index < -0.39 is 0 Å². The average molecular weight is 248 g/mol. The molecule has 3 atom stereocenters. The maximum atomic E-state index is 10.1. The molecule has 1 aliphatic rings. The minimum Gasteiger partial charge on any atom is -0.508 e. The first-order chi connectivity index (χ1) is 8.69. The van der Waals surface area contributed by atoms with E-state index in [1.54, 1.807) is 6.07 Å². The molecule has 100 valence electrons. The van der Waals surface area contributed by atoms with Gasteiger partial charge in [-0.25, -0.2) is 0 Å². The molecule has 0 radical (unpaired) electrons. The molecule has 2 heteroatoms. The van der Waals surface area contributed by atoms with Gasteiger partial charge in [-0.05, 0) is 55.2 Å². The van der Waals surface area contributed by atoms with Crippen LogP contribution in [0.1, 0.15) is 44.6 Å². The van der Waals surface area contributed by atoms with Crippen molar-refractivity contribution in [2.24, 2.45) is 11.8 Å². The van der Waals surface area contributed by atoms with Crippen molar-refractivity contribution >= 4 is 0 Å². The van der Waals surface area contributed by atoms with Gasteiger partial charge in [0.25, 0.3) is 0 Å². The van der Waals surface area contributed by atoms with Crippen LogP contribution in [0.2, 0.25) is 0 Å². The number of benzene rings is 1. The summed E-state index contributed by atoms with van der Waals surface area (Å²) in [5, 5.41) is 19.6. The lowest BCUT2D eigenvalue weighted by molar-refractivity contribution is 0.0462. The van der Waals surface area contributed by atoms with Crippen LogP contribution >= 0.6 is 0 Å². The molecule has 0 aliphatic heterocycles. The standard InChI is InChI=1S/C16H24O2/c1-2-4-12-7-8-16(18)14(9-12)10-13-5-3-6-15(17)11-13/h3,5-6,11-12,14,16-18H,2,4,7-10H2,1H3. The lowest BCUT2D eigenvalue weighted by Gasteiger charge is -2.33. The van der Waals surface area contributed by atoms with E-state index in [1.807, 2.05) is 18.2 Å². The van der Waals surface area contributed by atoms with E-state index in [0.717, 1.165) is 30.7 Å². The van der Waals surface area contributed by atoms with Crippen LogP contribution in [0.25, 0.3) is 0 Å². The maximum absolute atomic E-state index is 10.1. The molecule has 0 aromatic heterocycles. The van der Waals surface area contributed by atoms with Gasteiger partial charge in [-0.3, -0.25) is 0 Å². The van der Waals surface area contributed by atoms with Crippen molar-refractivity contribution in [3.8, 4) is 5.75 Å². The second-order valence-corrected chi connectivity index (χ2v) is 5.67. The number of phenols is 1. The van der Waals surface area contributed by atoms with Crippen LogP contribution in [-0.4, -0.2) is 16.3 Å². The fourth-order valence-corrected chi connectivity index (χ4v) is 3.22. The molecule has 3 unspecified atom stereocenters. The van der Waals surface area contributed by atoms with E-state index in [4.69, 9.17) is 0 Å². The summed E-state index contributed by atoms with van der Waals surface area (Å²) < 4.78 is 0. The molecule has 0 amide bonds. The molecular weight excluding hydrogens is 224 g/mol. The molecule has 2 nitrogen and oxygen atoms in total. The van der Waals surface area contributed by atoms with E-state index in [-0.39, 0.29) is 6.10 Å².